The van der Waals surface area contributed by atoms with Crippen LogP contribution < -0.4 is 15.8 Å². The minimum absolute atomic E-state index is 0.0402. The molecule has 0 spiro atoms. The minimum atomic E-state index is -0.0402. The van der Waals surface area contributed by atoms with Crippen molar-refractivity contribution in [3.05, 3.63) is 46.4 Å². The molecule has 0 unspecified atom stereocenters. The van der Waals surface area contributed by atoms with E-state index < -0.39 is 0 Å². The Kier molecular flexibility index (Phi) is 3.74. The Morgan fingerprint density at radius 1 is 1.20 bits per heavy atom. The molecule has 2 aromatic carbocycles. The number of anilines is 1. The summed E-state index contributed by atoms with van der Waals surface area (Å²) >= 11 is 12.4. The van der Waals surface area contributed by atoms with E-state index >= 15 is 0 Å². The van der Waals surface area contributed by atoms with Gasteiger partial charge >= 0.3 is 0 Å². The average Bonchev–Trinajstić information content (AvgIpc) is 2.48. The van der Waals surface area contributed by atoms with Gasteiger partial charge in [-0.15, -0.1) is 0 Å². The SMILES string of the molecule is NC[C@@H]1CNc2cccc(-c3cc(Cl)ccc3Cl)c2O1. The molecular formula is C15H14Cl2N2O. The zero-order valence-electron chi connectivity index (χ0n) is 10.7. The zero-order valence-corrected chi connectivity index (χ0v) is 12.2. The summed E-state index contributed by atoms with van der Waals surface area (Å²) in [5, 5.41) is 4.61. The lowest BCUT2D eigenvalue weighted by molar-refractivity contribution is 0.215. The first-order valence-electron chi connectivity index (χ1n) is 6.38. The van der Waals surface area contributed by atoms with E-state index in [2.05, 4.69) is 5.32 Å². The number of halogens is 2. The highest BCUT2D eigenvalue weighted by molar-refractivity contribution is 6.35. The Morgan fingerprint density at radius 3 is 2.85 bits per heavy atom. The zero-order chi connectivity index (χ0) is 14.1. The van der Waals surface area contributed by atoms with E-state index in [1.54, 1.807) is 12.1 Å². The van der Waals surface area contributed by atoms with Gasteiger partial charge in [0.1, 0.15) is 6.10 Å². The van der Waals surface area contributed by atoms with Gasteiger partial charge in [-0.05, 0) is 24.3 Å². The van der Waals surface area contributed by atoms with Crippen LogP contribution in [0.5, 0.6) is 5.75 Å². The maximum atomic E-state index is 6.28. The molecule has 0 amide bonds. The van der Waals surface area contributed by atoms with Crippen molar-refractivity contribution in [2.24, 2.45) is 5.73 Å². The highest BCUT2D eigenvalue weighted by Crippen LogP contribution is 2.42. The predicted octanol–water partition coefficient (Wildman–Crippen LogP) is 3.79. The van der Waals surface area contributed by atoms with Gasteiger partial charge in [0.05, 0.1) is 12.2 Å². The highest BCUT2D eigenvalue weighted by Gasteiger charge is 2.22. The number of benzene rings is 2. The Bertz CT molecular complexity index is 646. The van der Waals surface area contributed by atoms with E-state index in [9.17, 15) is 0 Å². The summed E-state index contributed by atoms with van der Waals surface area (Å²) < 4.78 is 5.97. The van der Waals surface area contributed by atoms with Crippen LogP contribution in [0, 0.1) is 0 Å². The first kappa shape index (κ1) is 13.6. The van der Waals surface area contributed by atoms with Crippen molar-refractivity contribution in [1.29, 1.82) is 0 Å². The lowest BCUT2D eigenvalue weighted by Gasteiger charge is -2.28. The Morgan fingerprint density at radius 2 is 2.05 bits per heavy atom. The lowest BCUT2D eigenvalue weighted by Crippen LogP contribution is -2.37. The molecular weight excluding hydrogens is 295 g/mol. The normalized spacial score (nSPS) is 17.1. The van der Waals surface area contributed by atoms with Crippen molar-refractivity contribution < 1.29 is 4.74 Å². The van der Waals surface area contributed by atoms with Crippen molar-refractivity contribution >= 4 is 28.9 Å². The van der Waals surface area contributed by atoms with Crippen LogP contribution in [0.2, 0.25) is 10.0 Å². The van der Waals surface area contributed by atoms with E-state index in [0.29, 0.717) is 23.1 Å². The fourth-order valence-corrected chi connectivity index (χ4v) is 2.67. The number of nitrogens with two attached hydrogens (primary N) is 1. The summed E-state index contributed by atoms with van der Waals surface area (Å²) in [7, 11) is 0. The maximum Gasteiger partial charge on any atom is 0.150 e. The van der Waals surface area contributed by atoms with Gasteiger partial charge in [0.15, 0.2) is 5.75 Å². The molecule has 0 saturated heterocycles. The van der Waals surface area contributed by atoms with Crippen molar-refractivity contribution in [3.63, 3.8) is 0 Å². The van der Waals surface area contributed by atoms with Crippen molar-refractivity contribution in [2.45, 2.75) is 6.10 Å². The number of fused-ring (bicyclic) bond motifs is 1. The van der Waals surface area contributed by atoms with Crippen molar-refractivity contribution in [2.75, 3.05) is 18.4 Å². The number of para-hydroxylation sites is 1. The molecule has 20 heavy (non-hydrogen) atoms. The monoisotopic (exact) mass is 308 g/mol. The van der Waals surface area contributed by atoms with Gasteiger partial charge in [0, 0.05) is 27.7 Å². The maximum absolute atomic E-state index is 6.28. The summed E-state index contributed by atoms with van der Waals surface area (Å²) in [6.45, 7) is 1.17. The molecule has 104 valence electrons. The van der Waals surface area contributed by atoms with Crippen LogP contribution in [0.4, 0.5) is 5.69 Å². The second-order valence-electron chi connectivity index (χ2n) is 4.66. The molecule has 3 nitrogen and oxygen atoms in total. The van der Waals surface area contributed by atoms with E-state index in [0.717, 1.165) is 22.6 Å². The van der Waals surface area contributed by atoms with Crippen LogP contribution in [0.15, 0.2) is 36.4 Å². The van der Waals surface area contributed by atoms with E-state index in [1.807, 2.05) is 24.3 Å². The largest absolute Gasteiger partial charge is 0.484 e. The molecule has 0 aromatic heterocycles. The third-order valence-electron chi connectivity index (χ3n) is 3.30. The third-order valence-corrected chi connectivity index (χ3v) is 3.87. The van der Waals surface area contributed by atoms with E-state index in [4.69, 9.17) is 33.7 Å². The van der Waals surface area contributed by atoms with Crippen LogP contribution in [0.25, 0.3) is 11.1 Å². The second kappa shape index (κ2) is 5.52. The van der Waals surface area contributed by atoms with Gasteiger partial charge in [-0.2, -0.15) is 0 Å². The Balaban J connectivity index is 2.13. The second-order valence-corrected chi connectivity index (χ2v) is 5.51. The number of hydrogen-bond donors (Lipinski definition) is 2. The molecule has 0 saturated carbocycles. The predicted molar refractivity (Wildman–Crippen MR) is 83.9 cm³/mol. The average molecular weight is 309 g/mol. The van der Waals surface area contributed by atoms with Gasteiger partial charge in [0.25, 0.3) is 0 Å². The minimum Gasteiger partial charge on any atom is -0.484 e. The molecule has 1 aliphatic rings. The van der Waals surface area contributed by atoms with Crippen LogP contribution in [0.1, 0.15) is 0 Å². The smallest absolute Gasteiger partial charge is 0.150 e. The van der Waals surface area contributed by atoms with Crippen LogP contribution in [0.3, 0.4) is 0 Å². The number of hydrogen-bond acceptors (Lipinski definition) is 3. The molecule has 3 N–H and O–H groups in total. The van der Waals surface area contributed by atoms with Gasteiger partial charge < -0.3 is 15.8 Å². The molecule has 0 fully saturated rings. The van der Waals surface area contributed by atoms with Gasteiger partial charge in [-0.1, -0.05) is 35.3 Å². The highest BCUT2D eigenvalue weighted by atomic mass is 35.5. The van der Waals surface area contributed by atoms with E-state index in [-0.39, 0.29) is 6.10 Å². The fraction of sp³-hybridized carbons (Fsp3) is 0.200. The van der Waals surface area contributed by atoms with Gasteiger partial charge in [0.2, 0.25) is 0 Å². The molecule has 1 atom stereocenters. The summed E-state index contributed by atoms with van der Waals surface area (Å²) in [4.78, 5) is 0. The fourth-order valence-electron chi connectivity index (χ4n) is 2.28. The van der Waals surface area contributed by atoms with E-state index in [1.165, 1.54) is 0 Å². The van der Waals surface area contributed by atoms with Gasteiger partial charge in [-0.25, -0.2) is 0 Å². The van der Waals surface area contributed by atoms with Crippen LogP contribution in [-0.2, 0) is 0 Å². The first-order chi connectivity index (χ1) is 9.69. The summed E-state index contributed by atoms with van der Waals surface area (Å²) in [5.41, 5.74) is 8.41. The molecule has 0 aliphatic carbocycles. The number of nitrogens with one attached hydrogen (secondary N) is 1. The Hall–Kier alpha value is -1.42. The Labute approximate surface area is 127 Å². The molecule has 2 aromatic rings. The van der Waals surface area contributed by atoms with Gasteiger partial charge in [-0.3, -0.25) is 0 Å². The molecule has 1 aliphatic heterocycles. The molecule has 0 radical (unpaired) electrons. The molecule has 1 heterocycles. The summed E-state index contributed by atoms with van der Waals surface area (Å²) in [6, 6.07) is 11.3. The summed E-state index contributed by atoms with van der Waals surface area (Å²) in [6.07, 6.45) is -0.0402. The molecule has 5 heteroatoms. The van der Waals surface area contributed by atoms with Crippen molar-refractivity contribution in [1.82, 2.24) is 0 Å². The standard InChI is InChI=1S/C15H14Cl2N2O/c16-9-4-5-13(17)12(6-9)11-2-1-3-14-15(11)20-10(7-18)8-19-14/h1-6,10,19H,7-8,18H2/t10-/m1/s1. The quantitative estimate of drug-likeness (QED) is 0.887. The van der Waals surface area contributed by atoms with Crippen molar-refractivity contribution in [3.8, 4) is 16.9 Å². The molecule has 3 rings (SSSR count). The topological polar surface area (TPSA) is 47.3 Å². The number of ether oxygens (including phenoxy) is 1. The molecule has 0 bridgehead atoms. The summed E-state index contributed by atoms with van der Waals surface area (Å²) in [5.74, 6) is 0.776. The van der Waals surface area contributed by atoms with Crippen LogP contribution in [-0.4, -0.2) is 19.2 Å². The lowest BCUT2D eigenvalue weighted by atomic mass is 10.0. The number of rotatable bonds is 2. The first-order valence-corrected chi connectivity index (χ1v) is 7.13. The van der Waals surface area contributed by atoms with Crippen LogP contribution >= 0.6 is 23.2 Å². The third kappa shape index (κ3) is 2.44.